The SMILES string of the molecule is O=c1c(-c2ccccc2)cc(Br)c2n1CC1CNCC2C1. The van der Waals surface area contributed by atoms with Gasteiger partial charge in [-0.1, -0.05) is 30.3 Å². The number of halogens is 1. The van der Waals surface area contributed by atoms with E-state index in [0.717, 1.165) is 35.2 Å². The fourth-order valence-corrected chi connectivity index (χ4v) is 4.47. The van der Waals surface area contributed by atoms with Gasteiger partial charge < -0.3 is 9.88 Å². The first-order chi connectivity index (χ1) is 10.2. The average Bonchev–Trinajstić information content (AvgIpc) is 2.51. The lowest BCUT2D eigenvalue weighted by Gasteiger charge is -2.38. The van der Waals surface area contributed by atoms with E-state index in [4.69, 9.17) is 0 Å². The minimum Gasteiger partial charge on any atom is -0.316 e. The zero-order valence-electron chi connectivity index (χ0n) is 11.7. The van der Waals surface area contributed by atoms with Gasteiger partial charge in [-0.15, -0.1) is 0 Å². The number of nitrogens with one attached hydrogen (secondary N) is 1. The van der Waals surface area contributed by atoms with Crippen molar-refractivity contribution in [1.82, 2.24) is 9.88 Å². The van der Waals surface area contributed by atoms with Crippen LogP contribution in [0.5, 0.6) is 0 Å². The highest BCUT2D eigenvalue weighted by molar-refractivity contribution is 9.10. The molecule has 1 N–H and O–H groups in total. The minimum absolute atomic E-state index is 0.149. The maximum absolute atomic E-state index is 12.9. The second-order valence-electron chi connectivity index (χ2n) is 6.03. The summed E-state index contributed by atoms with van der Waals surface area (Å²) >= 11 is 3.70. The summed E-state index contributed by atoms with van der Waals surface area (Å²) in [6.07, 6.45) is 1.19. The second-order valence-corrected chi connectivity index (χ2v) is 6.88. The van der Waals surface area contributed by atoms with E-state index < -0.39 is 0 Å². The molecule has 0 amide bonds. The lowest BCUT2D eigenvalue weighted by Crippen LogP contribution is -2.45. The van der Waals surface area contributed by atoms with Crippen molar-refractivity contribution in [2.45, 2.75) is 18.9 Å². The summed E-state index contributed by atoms with van der Waals surface area (Å²) < 4.78 is 3.07. The Bertz CT molecular complexity index is 738. The highest BCUT2D eigenvalue weighted by Crippen LogP contribution is 2.37. The zero-order chi connectivity index (χ0) is 14.4. The molecule has 2 bridgehead atoms. The Kier molecular flexibility index (Phi) is 3.23. The molecular formula is C17H17BrN2O. The fourth-order valence-electron chi connectivity index (χ4n) is 3.70. The van der Waals surface area contributed by atoms with Gasteiger partial charge in [-0.3, -0.25) is 4.79 Å². The van der Waals surface area contributed by atoms with Gasteiger partial charge in [0.05, 0.1) is 0 Å². The van der Waals surface area contributed by atoms with Gasteiger partial charge in [-0.2, -0.15) is 0 Å². The minimum atomic E-state index is 0.149. The predicted molar refractivity (Wildman–Crippen MR) is 87.6 cm³/mol. The van der Waals surface area contributed by atoms with Crippen molar-refractivity contribution in [3.05, 3.63) is 56.9 Å². The van der Waals surface area contributed by atoms with Crippen molar-refractivity contribution in [2.24, 2.45) is 5.92 Å². The molecule has 21 heavy (non-hydrogen) atoms. The number of benzene rings is 1. The summed E-state index contributed by atoms with van der Waals surface area (Å²) in [5.41, 5.74) is 3.10. The molecule has 0 saturated carbocycles. The fraction of sp³-hybridized carbons (Fsp3) is 0.353. The molecule has 4 rings (SSSR count). The van der Waals surface area contributed by atoms with E-state index in [1.54, 1.807) is 0 Å². The molecule has 0 aliphatic carbocycles. The van der Waals surface area contributed by atoms with Crippen LogP contribution >= 0.6 is 15.9 Å². The number of fused-ring (bicyclic) bond motifs is 4. The Morgan fingerprint density at radius 2 is 2.00 bits per heavy atom. The molecule has 2 aromatic rings. The van der Waals surface area contributed by atoms with Crippen LogP contribution in [0.4, 0.5) is 0 Å². The molecule has 108 valence electrons. The normalized spacial score (nSPS) is 23.7. The van der Waals surface area contributed by atoms with Crippen molar-refractivity contribution in [1.29, 1.82) is 0 Å². The van der Waals surface area contributed by atoms with Gasteiger partial charge >= 0.3 is 0 Å². The Labute approximate surface area is 132 Å². The Hall–Kier alpha value is -1.39. The molecule has 2 aliphatic heterocycles. The summed E-state index contributed by atoms with van der Waals surface area (Å²) in [6, 6.07) is 11.9. The molecule has 1 fully saturated rings. The molecular weight excluding hydrogens is 328 g/mol. The highest BCUT2D eigenvalue weighted by Gasteiger charge is 2.33. The third-order valence-corrected chi connectivity index (χ3v) is 5.27. The van der Waals surface area contributed by atoms with E-state index in [2.05, 4.69) is 21.2 Å². The molecule has 2 unspecified atom stereocenters. The van der Waals surface area contributed by atoms with E-state index in [0.29, 0.717) is 11.8 Å². The van der Waals surface area contributed by atoms with Crippen LogP contribution in [-0.2, 0) is 6.54 Å². The van der Waals surface area contributed by atoms with E-state index in [9.17, 15) is 4.79 Å². The van der Waals surface area contributed by atoms with Gasteiger partial charge in [-0.05, 0) is 46.4 Å². The maximum Gasteiger partial charge on any atom is 0.258 e. The van der Waals surface area contributed by atoms with Gasteiger partial charge in [-0.25, -0.2) is 0 Å². The topological polar surface area (TPSA) is 34.0 Å². The Morgan fingerprint density at radius 3 is 2.81 bits per heavy atom. The Morgan fingerprint density at radius 1 is 1.19 bits per heavy atom. The summed E-state index contributed by atoms with van der Waals surface area (Å²) in [4.78, 5) is 12.9. The number of piperidine rings is 1. The first-order valence-corrected chi connectivity index (χ1v) is 8.22. The van der Waals surface area contributed by atoms with E-state index in [1.165, 1.54) is 12.1 Å². The molecule has 1 saturated heterocycles. The third kappa shape index (κ3) is 2.17. The van der Waals surface area contributed by atoms with E-state index >= 15 is 0 Å². The van der Waals surface area contributed by atoms with Gasteiger partial charge in [0.25, 0.3) is 5.56 Å². The molecule has 1 aromatic carbocycles. The summed E-state index contributed by atoms with van der Waals surface area (Å²) in [5, 5.41) is 3.48. The molecule has 4 heteroatoms. The maximum atomic E-state index is 12.9. The van der Waals surface area contributed by atoms with E-state index in [-0.39, 0.29) is 5.56 Å². The average molecular weight is 345 g/mol. The van der Waals surface area contributed by atoms with Crippen molar-refractivity contribution < 1.29 is 0 Å². The molecule has 3 nitrogen and oxygen atoms in total. The molecule has 3 heterocycles. The number of rotatable bonds is 1. The smallest absolute Gasteiger partial charge is 0.258 e. The molecule has 1 aromatic heterocycles. The van der Waals surface area contributed by atoms with Crippen LogP contribution in [0.25, 0.3) is 11.1 Å². The largest absolute Gasteiger partial charge is 0.316 e. The van der Waals surface area contributed by atoms with Crippen LogP contribution in [0, 0.1) is 5.92 Å². The van der Waals surface area contributed by atoms with Crippen LogP contribution in [0.1, 0.15) is 18.0 Å². The van der Waals surface area contributed by atoms with Crippen molar-refractivity contribution in [3.63, 3.8) is 0 Å². The summed E-state index contributed by atoms with van der Waals surface area (Å²) in [5.74, 6) is 1.02. The van der Waals surface area contributed by atoms with Gasteiger partial charge in [0.15, 0.2) is 0 Å². The van der Waals surface area contributed by atoms with Crippen LogP contribution in [-0.4, -0.2) is 17.7 Å². The van der Waals surface area contributed by atoms with E-state index in [1.807, 2.05) is 41.0 Å². The predicted octanol–water partition coefficient (Wildman–Crippen LogP) is 2.98. The summed E-state index contributed by atoms with van der Waals surface area (Å²) in [6.45, 7) is 2.83. The quantitative estimate of drug-likeness (QED) is 0.862. The monoisotopic (exact) mass is 344 g/mol. The highest BCUT2D eigenvalue weighted by atomic mass is 79.9. The van der Waals surface area contributed by atoms with Crippen LogP contribution < -0.4 is 10.9 Å². The number of hydrogen-bond acceptors (Lipinski definition) is 2. The zero-order valence-corrected chi connectivity index (χ0v) is 13.3. The van der Waals surface area contributed by atoms with Crippen molar-refractivity contribution in [3.8, 4) is 11.1 Å². The van der Waals surface area contributed by atoms with Gasteiger partial charge in [0, 0.05) is 34.7 Å². The van der Waals surface area contributed by atoms with Gasteiger partial charge in [0.1, 0.15) is 0 Å². The van der Waals surface area contributed by atoms with Crippen LogP contribution in [0.15, 0.2) is 45.7 Å². The number of hydrogen-bond donors (Lipinski definition) is 1. The summed E-state index contributed by atoms with van der Waals surface area (Å²) in [7, 11) is 0. The molecule has 0 radical (unpaired) electrons. The number of pyridine rings is 1. The van der Waals surface area contributed by atoms with Gasteiger partial charge in [0.2, 0.25) is 0 Å². The van der Waals surface area contributed by atoms with Crippen molar-refractivity contribution >= 4 is 15.9 Å². The first-order valence-electron chi connectivity index (χ1n) is 7.43. The van der Waals surface area contributed by atoms with Crippen LogP contribution in [0.2, 0.25) is 0 Å². The van der Waals surface area contributed by atoms with Crippen molar-refractivity contribution in [2.75, 3.05) is 13.1 Å². The Balaban J connectivity index is 1.92. The molecule has 2 atom stereocenters. The molecule has 2 aliphatic rings. The standard InChI is InChI=1S/C17H17BrN2O/c18-15-7-14(12-4-2-1-3-5-12)17(21)20-10-11-6-13(16(15)20)9-19-8-11/h1-5,7,11,13,19H,6,8-10H2. The van der Waals surface area contributed by atoms with Crippen LogP contribution in [0.3, 0.4) is 0 Å². The third-order valence-electron chi connectivity index (χ3n) is 4.64. The first kappa shape index (κ1) is 13.3. The number of nitrogens with zero attached hydrogens (tertiary/aromatic N) is 1. The number of aromatic nitrogens is 1. The lowest BCUT2D eigenvalue weighted by atomic mass is 9.84. The molecule has 0 spiro atoms. The lowest BCUT2D eigenvalue weighted by molar-refractivity contribution is 0.256. The second kappa shape index (κ2) is 5.11.